The molecule has 2 aromatic rings. The van der Waals surface area contributed by atoms with Crippen molar-refractivity contribution in [2.45, 2.75) is 31.7 Å². The molecule has 1 aliphatic carbocycles. The van der Waals surface area contributed by atoms with Crippen LogP contribution in [0.2, 0.25) is 0 Å². The highest BCUT2D eigenvalue weighted by atomic mass is 32.2. The zero-order valence-electron chi connectivity index (χ0n) is 16.9. The summed E-state index contributed by atoms with van der Waals surface area (Å²) in [5, 5.41) is 0.612. The van der Waals surface area contributed by atoms with Gasteiger partial charge in [-0.1, -0.05) is 11.3 Å². The Morgan fingerprint density at radius 3 is 2.70 bits per heavy atom. The third-order valence-corrected chi connectivity index (χ3v) is 6.75. The van der Waals surface area contributed by atoms with E-state index in [-0.39, 0.29) is 6.04 Å². The van der Waals surface area contributed by atoms with Crippen molar-refractivity contribution in [2.24, 2.45) is 0 Å². The molecule has 1 N–H and O–H groups in total. The number of pyridine rings is 1. The Labute approximate surface area is 180 Å². The minimum absolute atomic E-state index is 0.0491. The SMILES string of the molecule is CS(=O)(=O)NC1CCN(CCOC2=CC=C(Oc3nc4ncccc4s3)CC2)CC1. The second-order valence-electron chi connectivity index (χ2n) is 7.53. The van der Waals surface area contributed by atoms with Gasteiger partial charge in [-0.2, -0.15) is 4.98 Å². The maximum Gasteiger partial charge on any atom is 0.281 e. The molecule has 1 aliphatic heterocycles. The van der Waals surface area contributed by atoms with Crippen LogP contribution in [0.3, 0.4) is 0 Å². The third-order valence-electron chi connectivity index (χ3n) is 5.10. The van der Waals surface area contributed by atoms with Gasteiger partial charge in [-0.25, -0.2) is 18.1 Å². The van der Waals surface area contributed by atoms with E-state index in [1.165, 1.54) is 17.6 Å². The number of ether oxygens (including phenoxy) is 2. The summed E-state index contributed by atoms with van der Waals surface area (Å²) < 4.78 is 38.2. The number of nitrogens with one attached hydrogen (secondary N) is 1. The van der Waals surface area contributed by atoms with E-state index in [1.54, 1.807) is 6.20 Å². The molecule has 0 unspecified atom stereocenters. The smallest absolute Gasteiger partial charge is 0.281 e. The number of sulfonamides is 1. The molecular weight excluding hydrogens is 424 g/mol. The summed E-state index contributed by atoms with van der Waals surface area (Å²) in [6, 6.07) is 3.93. The molecule has 0 atom stereocenters. The summed E-state index contributed by atoms with van der Waals surface area (Å²) in [5.41, 5.74) is 0.713. The standard InChI is InChI=1S/C20H26N4O4S2/c1-30(25,26)23-15-8-11-24(12-9-15)13-14-27-16-4-6-17(7-5-16)28-20-22-19-18(29-20)3-2-10-21-19/h2-4,6,10,15,23H,5,7-9,11-14H2,1H3. The zero-order valence-corrected chi connectivity index (χ0v) is 18.5. The van der Waals surface area contributed by atoms with Gasteiger partial charge < -0.3 is 9.47 Å². The molecule has 30 heavy (non-hydrogen) atoms. The van der Waals surface area contributed by atoms with Crippen molar-refractivity contribution in [3.63, 3.8) is 0 Å². The third kappa shape index (κ3) is 6.00. The fraction of sp³-hybridized carbons (Fsp3) is 0.500. The van der Waals surface area contributed by atoms with Crippen molar-refractivity contribution in [1.82, 2.24) is 19.6 Å². The number of rotatable bonds is 8. The summed E-state index contributed by atoms with van der Waals surface area (Å²) in [4.78, 5) is 10.9. The second-order valence-corrected chi connectivity index (χ2v) is 10.3. The average molecular weight is 451 g/mol. The predicted molar refractivity (Wildman–Crippen MR) is 117 cm³/mol. The molecule has 0 saturated carbocycles. The number of allylic oxidation sites excluding steroid dienone is 4. The minimum atomic E-state index is -3.13. The van der Waals surface area contributed by atoms with E-state index in [4.69, 9.17) is 9.47 Å². The van der Waals surface area contributed by atoms with Gasteiger partial charge >= 0.3 is 0 Å². The van der Waals surface area contributed by atoms with Crippen LogP contribution in [0.4, 0.5) is 0 Å². The van der Waals surface area contributed by atoms with Crippen LogP contribution in [-0.2, 0) is 14.8 Å². The van der Waals surface area contributed by atoms with Crippen LogP contribution in [0.25, 0.3) is 10.3 Å². The van der Waals surface area contributed by atoms with Crippen LogP contribution in [0.5, 0.6) is 5.19 Å². The van der Waals surface area contributed by atoms with Gasteiger partial charge in [0, 0.05) is 31.6 Å². The zero-order chi connectivity index (χ0) is 21.0. The number of nitrogens with zero attached hydrogens (tertiary/aromatic N) is 3. The van der Waals surface area contributed by atoms with E-state index >= 15 is 0 Å². The minimum Gasteiger partial charge on any atom is -0.497 e. The van der Waals surface area contributed by atoms with Gasteiger partial charge in [-0.05, 0) is 50.2 Å². The Morgan fingerprint density at radius 1 is 1.23 bits per heavy atom. The highest BCUT2D eigenvalue weighted by Gasteiger charge is 2.21. The molecule has 3 heterocycles. The molecule has 1 saturated heterocycles. The Morgan fingerprint density at radius 2 is 2.00 bits per heavy atom. The monoisotopic (exact) mass is 450 g/mol. The van der Waals surface area contributed by atoms with Crippen LogP contribution in [-0.4, -0.2) is 61.8 Å². The van der Waals surface area contributed by atoms with Crippen LogP contribution in [0.1, 0.15) is 25.7 Å². The van der Waals surface area contributed by atoms with Crippen molar-refractivity contribution >= 4 is 31.7 Å². The van der Waals surface area contributed by atoms with Crippen LogP contribution >= 0.6 is 11.3 Å². The molecule has 0 amide bonds. The normalized spacial score (nSPS) is 18.8. The molecular formula is C20H26N4O4S2. The number of hydrogen-bond acceptors (Lipinski definition) is 8. The second kappa shape index (κ2) is 9.42. The molecule has 0 radical (unpaired) electrons. The first-order chi connectivity index (χ1) is 14.4. The summed E-state index contributed by atoms with van der Waals surface area (Å²) in [5.74, 6) is 1.84. The van der Waals surface area contributed by atoms with E-state index in [1.807, 2.05) is 24.3 Å². The lowest BCUT2D eigenvalue weighted by molar-refractivity contribution is 0.131. The summed E-state index contributed by atoms with van der Waals surface area (Å²) in [6.07, 6.45) is 10.1. The highest BCUT2D eigenvalue weighted by molar-refractivity contribution is 7.88. The van der Waals surface area contributed by atoms with Crippen molar-refractivity contribution in [3.05, 3.63) is 42.0 Å². The lowest BCUT2D eigenvalue weighted by Gasteiger charge is -2.31. The number of hydrogen-bond donors (Lipinski definition) is 1. The fourth-order valence-corrected chi connectivity index (χ4v) is 5.24. The molecule has 4 rings (SSSR count). The van der Waals surface area contributed by atoms with E-state index in [9.17, 15) is 8.42 Å². The number of fused-ring (bicyclic) bond motifs is 1. The number of thiazole rings is 1. The number of aromatic nitrogens is 2. The van der Waals surface area contributed by atoms with E-state index < -0.39 is 10.0 Å². The number of likely N-dealkylation sites (tertiary alicyclic amines) is 1. The van der Waals surface area contributed by atoms with E-state index in [0.717, 1.165) is 61.5 Å². The Kier molecular flexibility index (Phi) is 6.67. The molecule has 162 valence electrons. The molecule has 1 fully saturated rings. The number of piperidine rings is 1. The Balaban J connectivity index is 1.19. The van der Waals surface area contributed by atoms with Crippen LogP contribution in [0, 0.1) is 0 Å². The van der Waals surface area contributed by atoms with Gasteiger partial charge in [0.05, 0.1) is 16.7 Å². The first-order valence-electron chi connectivity index (χ1n) is 10.1. The molecule has 8 nitrogen and oxygen atoms in total. The van der Waals surface area contributed by atoms with Gasteiger partial charge in [0.2, 0.25) is 10.0 Å². The average Bonchev–Trinajstić information content (AvgIpc) is 3.12. The van der Waals surface area contributed by atoms with Gasteiger partial charge in [0.15, 0.2) is 5.65 Å². The van der Waals surface area contributed by atoms with Crippen molar-refractivity contribution in [3.8, 4) is 5.19 Å². The highest BCUT2D eigenvalue weighted by Crippen LogP contribution is 2.29. The van der Waals surface area contributed by atoms with Gasteiger partial charge in [0.1, 0.15) is 12.4 Å². The van der Waals surface area contributed by atoms with Crippen molar-refractivity contribution in [1.29, 1.82) is 0 Å². The first kappa shape index (κ1) is 21.2. The molecule has 0 spiro atoms. The Hall–Kier alpha value is -2.01. The van der Waals surface area contributed by atoms with Crippen molar-refractivity contribution < 1.29 is 17.9 Å². The summed E-state index contributed by atoms with van der Waals surface area (Å²) in [7, 11) is -3.13. The Bertz CT molecular complexity index is 1010. The van der Waals surface area contributed by atoms with Crippen molar-refractivity contribution in [2.75, 3.05) is 32.5 Å². The summed E-state index contributed by atoms with van der Waals surface area (Å²) in [6.45, 7) is 3.23. The van der Waals surface area contributed by atoms with Gasteiger partial charge in [0.25, 0.3) is 5.19 Å². The molecule has 0 bridgehead atoms. The molecule has 0 aromatic carbocycles. The molecule has 2 aromatic heterocycles. The topological polar surface area (TPSA) is 93.7 Å². The fourth-order valence-electron chi connectivity index (χ4n) is 3.59. The van der Waals surface area contributed by atoms with Gasteiger partial charge in [-0.3, -0.25) is 4.90 Å². The molecule has 10 heteroatoms. The molecule has 2 aliphatic rings. The lowest BCUT2D eigenvalue weighted by Crippen LogP contribution is -2.45. The van der Waals surface area contributed by atoms with Gasteiger partial charge in [-0.15, -0.1) is 0 Å². The van der Waals surface area contributed by atoms with Crippen LogP contribution in [0.15, 0.2) is 42.0 Å². The lowest BCUT2D eigenvalue weighted by atomic mass is 10.1. The quantitative estimate of drug-likeness (QED) is 0.661. The largest absolute Gasteiger partial charge is 0.497 e. The van der Waals surface area contributed by atoms with E-state index in [2.05, 4.69) is 19.6 Å². The first-order valence-corrected chi connectivity index (χ1v) is 12.8. The predicted octanol–water partition coefficient (Wildman–Crippen LogP) is 2.66. The van der Waals surface area contributed by atoms with E-state index in [0.29, 0.717) is 17.4 Å². The maximum atomic E-state index is 11.3. The summed E-state index contributed by atoms with van der Waals surface area (Å²) >= 11 is 1.49. The van der Waals surface area contributed by atoms with Crippen LogP contribution < -0.4 is 9.46 Å². The maximum absolute atomic E-state index is 11.3.